The number of aromatic nitrogens is 1. The Labute approximate surface area is 115 Å². The topological polar surface area (TPSA) is 60.5 Å². The highest BCUT2D eigenvalue weighted by Gasteiger charge is 2.24. The summed E-state index contributed by atoms with van der Waals surface area (Å²) in [5, 5.41) is 11.6. The molecule has 0 radical (unpaired) electrons. The van der Waals surface area contributed by atoms with Crippen LogP contribution in [0.2, 0.25) is 5.02 Å². The number of nitro groups is 1. The third-order valence-corrected chi connectivity index (χ3v) is 3.13. The zero-order chi connectivity index (χ0) is 13.8. The molecule has 0 saturated heterocycles. The second kappa shape index (κ2) is 5.67. The Morgan fingerprint density at radius 2 is 2.05 bits per heavy atom. The van der Waals surface area contributed by atoms with Crippen molar-refractivity contribution in [1.29, 1.82) is 0 Å². The van der Waals surface area contributed by atoms with E-state index >= 15 is 0 Å². The Morgan fingerprint density at radius 1 is 1.32 bits per heavy atom. The number of aromatic amines is 1. The lowest BCUT2D eigenvalue weighted by Gasteiger charge is -2.11. The summed E-state index contributed by atoms with van der Waals surface area (Å²) >= 11 is 6.09. The van der Waals surface area contributed by atoms with Gasteiger partial charge >= 0.3 is 11.5 Å². The van der Waals surface area contributed by atoms with Gasteiger partial charge in [-0.3, -0.25) is 15.0 Å². The number of nitrogens with one attached hydrogen (secondary N) is 1. The molecule has 0 saturated carbocycles. The van der Waals surface area contributed by atoms with Gasteiger partial charge in [-0.1, -0.05) is 29.8 Å². The van der Waals surface area contributed by atoms with Crippen LogP contribution in [0.15, 0.2) is 42.6 Å². The molecule has 0 amide bonds. The Morgan fingerprint density at radius 3 is 2.74 bits per heavy atom. The van der Waals surface area contributed by atoms with Gasteiger partial charge in [0, 0.05) is 16.7 Å². The molecular weight excluding hydrogens is 266 g/mol. The highest BCUT2D eigenvalue weighted by molar-refractivity contribution is 6.31. The van der Waals surface area contributed by atoms with Crippen LogP contribution < -0.4 is 9.88 Å². The summed E-state index contributed by atoms with van der Waals surface area (Å²) in [5.74, 6) is 0.451. The van der Waals surface area contributed by atoms with Gasteiger partial charge in [-0.25, -0.2) is 4.98 Å². The molecule has 0 bridgehead atoms. The van der Waals surface area contributed by atoms with Gasteiger partial charge < -0.3 is 0 Å². The van der Waals surface area contributed by atoms with E-state index in [1.165, 1.54) is 6.07 Å². The molecule has 1 heterocycles. The first-order chi connectivity index (χ1) is 9.09. The summed E-state index contributed by atoms with van der Waals surface area (Å²) in [6.07, 6.45) is 1.66. The third-order valence-electron chi connectivity index (χ3n) is 2.76. The third kappa shape index (κ3) is 3.00. The van der Waals surface area contributed by atoms with Crippen LogP contribution in [0, 0.1) is 10.1 Å². The smallest absolute Gasteiger partial charge is 0.258 e. The highest BCUT2D eigenvalue weighted by atomic mass is 35.5. The number of benzene rings is 1. The average Bonchev–Trinajstić information content (AvgIpc) is 2.41. The van der Waals surface area contributed by atoms with Crippen molar-refractivity contribution in [1.82, 2.24) is 0 Å². The van der Waals surface area contributed by atoms with Crippen molar-refractivity contribution in [3.05, 3.63) is 63.3 Å². The van der Waals surface area contributed by atoms with Gasteiger partial charge in [-0.05, 0) is 12.1 Å². The van der Waals surface area contributed by atoms with Crippen LogP contribution >= 0.6 is 11.6 Å². The summed E-state index contributed by atoms with van der Waals surface area (Å²) in [4.78, 5) is 15.2. The number of H-pyrrole nitrogens is 1. The molecule has 0 atom stereocenters. The van der Waals surface area contributed by atoms with E-state index in [1.54, 1.807) is 30.3 Å². The molecule has 0 aliphatic carbocycles. The predicted octanol–water partition coefficient (Wildman–Crippen LogP) is 2.70. The van der Waals surface area contributed by atoms with Crippen LogP contribution in [0.3, 0.4) is 0 Å². The van der Waals surface area contributed by atoms with Gasteiger partial charge in [0.15, 0.2) is 0 Å². The van der Waals surface area contributed by atoms with E-state index < -0.39 is 4.92 Å². The zero-order valence-electron chi connectivity index (χ0n) is 10.3. The van der Waals surface area contributed by atoms with Gasteiger partial charge in [0.25, 0.3) is 0 Å². The maximum absolute atomic E-state index is 11.0. The van der Waals surface area contributed by atoms with E-state index in [0.29, 0.717) is 17.4 Å². The fourth-order valence-electron chi connectivity index (χ4n) is 1.83. The van der Waals surface area contributed by atoms with Gasteiger partial charge in [-0.15, -0.1) is 0 Å². The average molecular weight is 279 g/mol. The maximum atomic E-state index is 11.0. The zero-order valence-corrected chi connectivity index (χ0v) is 11.1. The summed E-state index contributed by atoms with van der Waals surface area (Å²) in [6, 6.07) is 10.5. The molecule has 0 spiro atoms. The van der Waals surface area contributed by atoms with Crippen molar-refractivity contribution >= 4 is 23.1 Å². The molecule has 6 heteroatoms. The number of anilines is 1. The number of pyridine rings is 1. The van der Waals surface area contributed by atoms with E-state index in [-0.39, 0.29) is 5.69 Å². The Hall–Kier alpha value is -2.14. The van der Waals surface area contributed by atoms with E-state index in [9.17, 15) is 10.1 Å². The monoisotopic (exact) mass is 278 g/mol. The van der Waals surface area contributed by atoms with Gasteiger partial charge in [0.1, 0.15) is 6.54 Å². The predicted molar refractivity (Wildman–Crippen MR) is 73.2 cm³/mol. The number of hydrogen-bond donors (Lipinski definition) is 0. The van der Waals surface area contributed by atoms with Crippen LogP contribution in [-0.4, -0.2) is 12.0 Å². The Bertz CT molecular complexity index is 604. The molecule has 2 aromatic rings. The molecule has 1 aromatic carbocycles. The number of nitrogens with zero attached hydrogens (tertiary/aromatic N) is 2. The Balaban J connectivity index is 2.28. The summed E-state index contributed by atoms with van der Waals surface area (Å²) in [6.45, 7) is 0.487. The van der Waals surface area contributed by atoms with Crippen LogP contribution in [0.4, 0.5) is 11.5 Å². The minimum absolute atomic E-state index is 0.0389. The maximum Gasteiger partial charge on any atom is 0.357 e. The highest BCUT2D eigenvalue weighted by Crippen LogP contribution is 2.24. The molecule has 19 heavy (non-hydrogen) atoms. The first-order valence-corrected chi connectivity index (χ1v) is 6.07. The Kier molecular flexibility index (Phi) is 3.97. The lowest BCUT2D eigenvalue weighted by Crippen LogP contribution is -2.25. The van der Waals surface area contributed by atoms with Gasteiger partial charge in [0.05, 0.1) is 18.2 Å². The van der Waals surface area contributed by atoms with Crippen molar-refractivity contribution < 1.29 is 9.91 Å². The van der Waals surface area contributed by atoms with Crippen LogP contribution in [0.1, 0.15) is 5.56 Å². The van der Waals surface area contributed by atoms with E-state index in [1.807, 2.05) is 18.2 Å². The van der Waals surface area contributed by atoms with Crippen molar-refractivity contribution in [2.75, 3.05) is 11.9 Å². The normalized spacial score (nSPS) is 10.2. The lowest BCUT2D eigenvalue weighted by atomic mass is 10.2. The molecule has 0 aliphatic rings. The van der Waals surface area contributed by atoms with Crippen molar-refractivity contribution in [2.24, 2.45) is 0 Å². The minimum atomic E-state index is -0.408. The number of halogens is 1. The summed E-state index contributed by atoms with van der Waals surface area (Å²) < 4.78 is 0. The first-order valence-electron chi connectivity index (χ1n) is 5.69. The number of hydrogen-bond acceptors (Lipinski definition) is 3. The van der Waals surface area contributed by atoms with Crippen LogP contribution in [0.25, 0.3) is 0 Å². The second-order valence-corrected chi connectivity index (χ2v) is 4.52. The van der Waals surface area contributed by atoms with Gasteiger partial charge in [0.2, 0.25) is 0 Å². The van der Waals surface area contributed by atoms with Crippen LogP contribution in [0.5, 0.6) is 0 Å². The quantitative estimate of drug-likeness (QED) is 0.638. The summed E-state index contributed by atoms with van der Waals surface area (Å²) in [7, 11) is 1.78. The van der Waals surface area contributed by atoms with Crippen molar-refractivity contribution in [3.8, 4) is 0 Å². The van der Waals surface area contributed by atoms with Crippen molar-refractivity contribution in [3.63, 3.8) is 0 Å². The molecule has 0 fully saturated rings. The molecule has 5 nitrogen and oxygen atoms in total. The molecule has 1 N–H and O–H groups in total. The SMILES string of the molecule is CN(Cc1ccccc1Cl)c1[nH+]cccc1[N+](=O)[O-]. The fourth-order valence-corrected chi connectivity index (χ4v) is 2.03. The first kappa shape index (κ1) is 13.3. The van der Waals surface area contributed by atoms with E-state index in [4.69, 9.17) is 11.6 Å². The number of rotatable bonds is 4. The van der Waals surface area contributed by atoms with E-state index in [0.717, 1.165) is 5.56 Å². The lowest BCUT2D eigenvalue weighted by molar-refractivity contribution is -0.411. The second-order valence-electron chi connectivity index (χ2n) is 4.11. The molecule has 98 valence electrons. The summed E-state index contributed by atoms with van der Waals surface area (Å²) in [5.41, 5.74) is 0.954. The molecule has 1 aromatic heterocycles. The van der Waals surface area contributed by atoms with E-state index in [2.05, 4.69) is 4.98 Å². The largest absolute Gasteiger partial charge is 0.357 e. The molecule has 0 unspecified atom stereocenters. The minimum Gasteiger partial charge on any atom is -0.258 e. The molecule has 0 aliphatic heterocycles. The van der Waals surface area contributed by atoms with Crippen molar-refractivity contribution in [2.45, 2.75) is 6.54 Å². The molecule has 2 rings (SSSR count). The fraction of sp³-hybridized carbons (Fsp3) is 0.154. The van der Waals surface area contributed by atoms with Gasteiger partial charge in [-0.2, -0.15) is 0 Å². The molecular formula is C13H13ClN3O2+. The standard InChI is InChI=1S/C13H12ClN3O2/c1-16(9-10-5-2-3-6-11(10)14)13-12(17(18)19)7-4-8-15-13/h2-8H,9H2,1H3/p+1. The van der Waals surface area contributed by atoms with Crippen LogP contribution in [-0.2, 0) is 6.54 Å².